The summed E-state index contributed by atoms with van der Waals surface area (Å²) in [7, 11) is 0. The molecular weight excluding hydrogens is 202 g/mol. The summed E-state index contributed by atoms with van der Waals surface area (Å²) in [5, 5.41) is 7.74. The van der Waals surface area contributed by atoms with Crippen LogP contribution < -0.4 is 5.32 Å². The van der Waals surface area contributed by atoms with Crippen molar-refractivity contribution in [3.05, 3.63) is 22.4 Å². The van der Waals surface area contributed by atoms with Crippen LogP contribution in [0.3, 0.4) is 0 Å². The van der Waals surface area contributed by atoms with Crippen LogP contribution in [0.4, 0.5) is 0 Å². The van der Waals surface area contributed by atoms with E-state index in [9.17, 15) is 0 Å². The van der Waals surface area contributed by atoms with Crippen LogP contribution in [0.25, 0.3) is 0 Å². The number of rotatable bonds is 7. The largest absolute Gasteiger partial charge is 0.316 e. The molecule has 1 rings (SSSR count). The Hall–Kier alpha value is -0.0500. The van der Waals surface area contributed by atoms with Crippen LogP contribution in [0.15, 0.2) is 16.8 Å². The molecule has 0 saturated heterocycles. The van der Waals surface area contributed by atoms with Crippen LogP contribution in [0.2, 0.25) is 0 Å². The normalized spacial score (nSPS) is 10.5. The van der Waals surface area contributed by atoms with E-state index in [1.54, 1.807) is 11.3 Å². The quantitative estimate of drug-likeness (QED) is 0.547. The molecule has 0 amide bonds. The first kappa shape index (κ1) is 11.0. The van der Waals surface area contributed by atoms with Crippen molar-refractivity contribution in [2.75, 3.05) is 19.0 Å². The van der Waals surface area contributed by atoms with Crippen molar-refractivity contribution in [2.24, 2.45) is 0 Å². The van der Waals surface area contributed by atoms with Crippen LogP contribution in [0.5, 0.6) is 0 Å². The second kappa shape index (κ2) is 7.36. The molecule has 0 atom stereocenters. The van der Waals surface area contributed by atoms with Gasteiger partial charge in [-0.15, -0.1) is 11.6 Å². The van der Waals surface area contributed by atoms with Gasteiger partial charge in [0.1, 0.15) is 0 Å². The molecule has 1 aromatic heterocycles. The second-order valence-electron chi connectivity index (χ2n) is 3.03. The number of halogens is 1. The van der Waals surface area contributed by atoms with Gasteiger partial charge in [0.25, 0.3) is 0 Å². The minimum Gasteiger partial charge on any atom is -0.316 e. The fraction of sp³-hybridized carbons (Fsp3) is 0.600. The maximum Gasteiger partial charge on any atom is 0.0223 e. The summed E-state index contributed by atoms with van der Waals surface area (Å²) in [5.74, 6) is 0.784. The summed E-state index contributed by atoms with van der Waals surface area (Å²) < 4.78 is 0. The molecule has 74 valence electrons. The molecule has 0 spiro atoms. The molecule has 1 nitrogen and oxygen atoms in total. The van der Waals surface area contributed by atoms with Gasteiger partial charge < -0.3 is 5.32 Å². The number of hydrogen-bond acceptors (Lipinski definition) is 2. The third kappa shape index (κ3) is 5.29. The van der Waals surface area contributed by atoms with Crippen LogP contribution in [-0.2, 0) is 6.42 Å². The van der Waals surface area contributed by atoms with Crippen molar-refractivity contribution in [2.45, 2.75) is 19.3 Å². The lowest BCUT2D eigenvalue weighted by molar-refractivity contribution is 0.642. The summed E-state index contributed by atoms with van der Waals surface area (Å²) in [6, 6.07) is 2.19. The van der Waals surface area contributed by atoms with Crippen molar-refractivity contribution in [3.8, 4) is 0 Å². The summed E-state index contributed by atoms with van der Waals surface area (Å²) in [4.78, 5) is 0. The van der Waals surface area contributed by atoms with E-state index in [1.165, 1.54) is 12.0 Å². The predicted octanol–water partition coefficient (Wildman–Crippen LogP) is 2.90. The summed E-state index contributed by atoms with van der Waals surface area (Å²) >= 11 is 7.34. The molecule has 0 unspecified atom stereocenters. The van der Waals surface area contributed by atoms with Gasteiger partial charge in [0, 0.05) is 5.88 Å². The average molecular weight is 218 g/mol. The van der Waals surface area contributed by atoms with Gasteiger partial charge in [-0.2, -0.15) is 11.3 Å². The highest BCUT2D eigenvalue weighted by Gasteiger charge is 1.92. The van der Waals surface area contributed by atoms with Gasteiger partial charge in [-0.05, 0) is 54.7 Å². The van der Waals surface area contributed by atoms with Crippen LogP contribution in [0.1, 0.15) is 18.4 Å². The molecule has 0 aromatic carbocycles. The second-order valence-corrected chi connectivity index (χ2v) is 4.19. The van der Waals surface area contributed by atoms with E-state index in [2.05, 4.69) is 22.1 Å². The van der Waals surface area contributed by atoms with Crippen LogP contribution >= 0.6 is 22.9 Å². The van der Waals surface area contributed by atoms with Gasteiger partial charge >= 0.3 is 0 Å². The van der Waals surface area contributed by atoms with E-state index in [-0.39, 0.29) is 0 Å². The summed E-state index contributed by atoms with van der Waals surface area (Å²) in [6.07, 6.45) is 3.45. The van der Waals surface area contributed by atoms with E-state index in [4.69, 9.17) is 11.6 Å². The van der Waals surface area contributed by atoms with Gasteiger partial charge in [-0.25, -0.2) is 0 Å². The molecular formula is C10H16ClNS. The molecule has 0 radical (unpaired) electrons. The Balaban J connectivity index is 1.90. The maximum absolute atomic E-state index is 5.57. The Labute approximate surface area is 89.1 Å². The maximum atomic E-state index is 5.57. The number of hydrogen-bond donors (Lipinski definition) is 1. The molecule has 3 heteroatoms. The number of alkyl halides is 1. The number of nitrogens with one attached hydrogen (secondary N) is 1. The third-order valence-electron chi connectivity index (χ3n) is 1.91. The minimum atomic E-state index is 0.784. The SMILES string of the molecule is ClCCCCNCCc1ccsc1. The fourth-order valence-corrected chi connectivity index (χ4v) is 2.03. The fourth-order valence-electron chi connectivity index (χ4n) is 1.14. The summed E-state index contributed by atoms with van der Waals surface area (Å²) in [6.45, 7) is 2.18. The van der Waals surface area contributed by atoms with Crippen molar-refractivity contribution < 1.29 is 0 Å². The van der Waals surface area contributed by atoms with Gasteiger partial charge in [0.2, 0.25) is 0 Å². The number of thiophene rings is 1. The van der Waals surface area contributed by atoms with Gasteiger partial charge in [0.05, 0.1) is 0 Å². The van der Waals surface area contributed by atoms with Gasteiger partial charge in [-0.1, -0.05) is 0 Å². The topological polar surface area (TPSA) is 12.0 Å². The highest BCUT2D eigenvalue weighted by atomic mass is 35.5. The van der Waals surface area contributed by atoms with Crippen molar-refractivity contribution >= 4 is 22.9 Å². The van der Waals surface area contributed by atoms with Crippen molar-refractivity contribution in [3.63, 3.8) is 0 Å². The van der Waals surface area contributed by atoms with E-state index in [1.807, 2.05) is 0 Å². The van der Waals surface area contributed by atoms with Crippen molar-refractivity contribution in [1.82, 2.24) is 5.32 Å². The smallest absolute Gasteiger partial charge is 0.0223 e. The Morgan fingerprint density at radius 2 is 2.23 bits per heavy atom. The van der Waals surface area contributed by atoms with Gasteiger partial charge in [0.15, 0.2) is 0 Å². The monoisotopic (exact) mass is 217 g/mol. The molecule has 0 bridgehead atoms. The minimum absolute atomic E-state index is 0.784. The molecule has 0 fully saturated rings. The first-order chi connectivity index (χ1) is 6.43. The van der Waals surface area contributed by atoms with E-state index < -0.39 is 0 Å². The molecule has 0 aliphatic heterocycles. The van der Waals surface area contributed by atoms with Crippen LogP contribution in [0, 0.1) is 0 Å². The van der Waals surface area contributed by atoms with E-state index in [0.717, 1.165) is 31.8 Å². The van der Waals surface area contributed by atoms with Crippen LogP contribution in [-0.4, -0.2) is 19.0 Å². The molecule has 0 aliphatic rings. The van der Waals surface area contributed by atoms with Gasteiger partial charge in [-0.3, -0.25) is 0 Å². The summed E-state index contributed by atoms with van der Waals surface area (Å²) in [5.41, 5.74) is 1.44. The molecule has 0 saturated carbocycles. The Morgan fingerprint density at radius 1 is 1.31 bits per heavy atom. The zero-order valence-electron chi connectivity index (χ0n) is 7.76. The molecule has 1 N–H and O–H groups in total. The third-order valence-corrected chi connectivity index (χ3v) is 2.91. The highest BCUT2D eigenvalue weighted by Crippen LogP contribution is 2.05. The standard InChI is InChI=1S/C10H16ClNS/c11-5-1-2-6-12-7-3-10-4-8-13-9-10/h4,8-9,12H,1-3,5-7H2. The van der Waals surface area contributed by atoms with Crippen molar-refractivity contribution in [1.29, 1.82) is 0 Å². The first-order valence-electron chi connectivity index (χ1n) is 4.71. The lowest BCUT2D eigenvalue weighted by Gasteiger charge is -2.01. The Morgan fingerprint density at radius 3 is 2.92 bits per heavy atom. The molecule has 0 aliphatic carbocycles. The molecule has 1 aromatic rings. The predicted molar refractivity (Wildman–Crippen MR) is 60.8 cm³/mol. The molecule has 13 heavy (non-hydrogen) atoms. The Bertz CT molecular complexity index is 199. The Kier molecular flexibility index (Phi) is 6.25. The lowest BCUT2D eigenvalue weighted by atomic mass is 10.2. The number of unbranched alkanes of at least 4 members (excludes halogenated alkanes) is 1. The average Bonchev–Trinajstić information content (AvgIpc) is 2.63. The highest BCUT2D eigenvalue weighted by molar-refractivity contribution is 7.07. The molecule has 1 heterocycles. The zero-order chi connectivity index (χ0) is 9.36. The zero-order valence-corrected chi connectivity index (χ0v) is 9.33. The van der Waals surface area contributed by atoms with E-state index in [0.29, 0.717) is 0 Å². The first-order valence-corrected chi connectivity index (χ1v) is 6.19. The lowest BCUT2D eigenvalue weighted by Crippen LogP contribution is -2.18. The van der Waals surface area contributed by atoms with E-state index >= 15 is 0 Å².